The summed E-state index contributed by atoms with van der Waals surface area (Å²) >= 11 is 0. The lowest BCUT2D eigenvalue weighted by atomic mass is 9.62. The second-order valence-corrected chi connectivity index (χ2v) is 17.5. The highest BCUT2D eigenvalue weighted by Gasteiger charge is 2.41. The highest BCUT2D eigenvalue weighted by atomic mass is 15.1. The molecule has 6 aromatic rings. The molecule has 0 saturated carbocycles. The van der Waals surface area contributed by atoms with Gasteiger partial charge in [-0.15, -0.1) is 0 Å². The maximum Gasteiger partial charge on any atom is 0.0543 e. The molecule has 0 unspecified atom stereocenters. The number of hydrogen-bond donors (Lipinski definition) is 0. The molecule has 0 atom stereocenters. The minimum absolute atomic E-state index is 0.0390. The lowest BCUT2D eigenvalue weighted by molar-refractivity contribution is 0.332. The summed E-state index contributed by atoms with van der Waals surface area (Å²) in [5.74, 6) is 0. The van der Waals surface area contributed by atoms with E-state index in [4.69, 9.17) is 0 Å². The quantitative estimate of drug-likeness (QED) is 0.176. The lowest BCUT2D eigenvalue weighted by Gasteiger charge is -2.45. The predicted octanol–water partition coefficient (Wildman–Crippen LogP) is 14.0. The van der Waals surface area contributed by atoms with Crippen LogP contribution in [0.3, 0.4) is 0 Å². The Morgan fingerprint density at radius 1 is 0.462 bits per heavy atom. The van der Waals surface area contributed by atoms with Gasteiger partial charge in [-0.2, -0.15) is 0 Å². The minimum atomic E-state index is -0.116. The molecule has 52 heavy (non-hydrogen) atoms. The number of rotatable bonds is 5. The summed E-state index contributed by atoms with van der Waals surface area (Å²) in [6.07, 6.45) is 7.31. The van der Waals surface area contributed by atoms with Crippen LogP contribution in [0.5, 0.6) is 0 Å². The van der Waals surface area contributed by atoms with Crippen LogP contribution in [-0.4, -0.2) is 0 Å². The van der Waals surface area contributed by atoms with Gasteiger partial charge in [0.15, 0.2) is 0 Å². The zero-order chi connectivity index (χ0) is 35.8. The summed E-state index contributed by atoms with van der Waals surface area (Å²) in [5.41, 5.74) is 20.5. The Hall–Kier alpha value is -4.88. The highest BCUT2D eigenvalue weighted by molar-refractivity contribution is 5.95. The van der Waals surface area contributed by atoms with E-state index >= 15 is 0 Å². The smallest absolute Gasteiger partial charge is 0.0543 e. The fourth-order valence-corrected chi connectivity index (χ4v) is 9.90. The minimum Gasteiger partial charge on any atom is -0.310 e. The molecule has 0 saturated heterocycles. The third-order valence-electron chi connectivity index (χ3n) is 12.9. The van der Waals surface area contributed by atoms with Crippen LogP contribution in [0, 0.1) is 0 Å². The van der Waals surface area contributed by atoms with Crippen LogP contribution in [0.2, 0.25) is 0 Å². The molecule has 0 aliphatic heterocycles. The van der Waals surface area contributed by atoms with Crippen LogP contribution in [0.15, 0.2) is 127 Å². The van der Waals surface area contributed by atoms with Crippen LogP contribution < -0.4 is 4.90 Å². The molecule has 9 rings (SSSR count). The van der Waals surface area contributed by atoms with Crippen molar-refractivity contribution in [1.29, 1.82) is 0 Å². The molecule has 0 amide bonds. The molecule has 260 valence electrons. The summed E-state index contributed by atoms with van der Waals surface area (Å²) in [5, 5.41) is 0. The molecule has 0 N–H and O–H groups in total. The molecule has 0 bridgehead atoms. The molecule has 0 radical (unpaired) electrons. The van der Waals surface area contributed by atoms with Gasteiger partial charge in [0.2, 0.25) is 0 Å². The second kappa shape index (κ2) is 12.1. The summed E-state index contributed by atoms with van der Waals surface area (Å²) in [7, 11) is 0. The van der Waals surface area contributed by atoms with E-state index in [0.717, 1.165) is 6.42 Å². The van der Waals surface area contributed by atoms with Gasteiger partial charge in [0.1, 0.15) is 0 Å². The van der Waals surface area contributed by atoms with Crippen molar-refractivity contribution in [1.82, 2.24) is 0 Å². The molecule has 0 heterocycles. The van der Waals surface area contributed by atoms with E-state index in [2.05, 4.69) is 174 Å². The van der Waals surface area contributed by atoms with Crippen molar-refractivity contribution in [2.75, 3.05) is 4.90 Å². The Morgan fingerprint density at radius 3 is 1.88 bits per heavy atom. The third-order valence-corrected chi connectivity index (χ3v) is 12.9. The van der Waals surface area contributed by atoms with Gasteiger partial charge in [-0.25, -0.2) is 0 Å². The van der Waals surface area contributed by atoms with E-state index in [9.17, 15) is 0 Å². The van der Waals surface area contributed by atoms with Gasteiger partial charge in [0.05, 0.1) is 11.4 Å². The van der Waals surface area contributed by atoms with Gasteiger partial charge in [0, 0.05) is 16.7 Å². The summed E-state index contributed by atoms with van der Waals surface area (Å²) in [6.45, 7) is 14.6. The first-order valence-electron chi connectivity index (χ1n) is 19.5. The van der Waals surface area contributed by atoms with Crippen molar-refractivity contribution < 1.29 is 0 Å². The average Bonchev–Trinajstić information content (AvgIpc) is 3.39. The van der Waals surface area contributed by atoms with E-state index in [1.807, 2.05) is 0 Å². The predicted molar refractivity (Wildman–Crippen MR) is 221 cm³/mol. The number of nitrogens with zero attached hydrogens (tertiary/aromatic N) is 1. The lowest BCUT2D eigenvalue weighted by Crippen LogP contribution is -2.35. The van der Waals surface area contributed by atoms with Gasteiger partial charge in [-0.1, -0.05) is 139 Å². The first-order chi connectivity index (χ1) is 25.0. The zero-order valence-corrected chi connectivity index (χ0v) is 31.8. The van der Waals surface area contributed by atoms with E-state index in [0.29, 0.717) is 0 Å². The fraction of sp³-hybridized carbons (Fsp3) is 0.294. The molecule has 0 aromatic heterocycles. The van der Waals surface area contributed by atoms with Gasteiger partial charge in [-0.05, 0) is 141 Å². The van der Waals surface area contributed by atoms with Gasteiger partial charge < -0.3 is 4.90 Å². The Morgan fingerprint density at radius 2 is 1.10 bits per heavy atom. The Labute approximate surface area is 311 Å². The van der Waals surface area contributed by atoms with Crippen molar-refractivity contribution in [2.45, 2.75) is 96.3 Å². The first kappa shape index (κ1) is 33.0. The number of para-hydroxylation sites is 1. The Bertz CT molecular complexity index is 2320. The number of benzene rings is 6. The van der Waals surface area contributed by atoms with Gasteiger partial charge >= 0.3 is 0 Å². The Balaban J connectivity index is 1.31. The molecule has 3 aliphatic rings. The molecule has 3 aliphatic carbocycles. The van der Waals surface area contributed by atoms with Crippen molar-refractivity contribution in [3.8, 4) is 33.4 Å². The van der Waals surface area contributed by atoms with Crippen molar-refractivity contribution in [3.63, 3.8) is 0 Å². The highest BCUT2D eigenvalue weighted by Crippen LogP contribution is 2.56. The zero-order valence-electron chi connectivity index (χ0n) is 31.8. The maximum atomic E-state index is 2.60. The topological polar surface area (TPSA) is 3.24 Å². The van der Waals surface area contributed by atoms with E-state index < -0.39 is 0 Å². The molecule has 6 aromatic carbocycles. The molecular formula is C51H51N. The fourth-order valence-electron chi connectivity index (χ4n) is 9.90. The molecule has 1 heteroatoms. The van der Waals surface area contributed by atoms with E-state index in [-0.39, 0.29) is 16.2 Å². The molecule has 1 nitrogen and oxygen atoms in total. The summed E-state index contributed by atoms with van der Waals surface area (Å²) < 4.78 is 0. The van der Waals surface area contributed by atoms with Crippen molar-refractivity contribution in [3.05, 3.63) is 161 Å². The van der Waals surface area contributed by atoms with Crippen molar-refractivity contribution in [2.24, 2.45) is 0 Å². The van der Waals surface area contributed by atoms with Gasteiger partial charge in [-0.3, -0.25) is 0 Å². The van der Waals surface area contributed by atoms with Crippen LogP contribution in [0.25, 0.3) is 33.4 Å². The summed E-state index contributed by atoms with van der Waals surface area (Å²) in [4.78, 5) is 2.60. The monoisotopic (exact) mass is 677 g/mol. The molecule has 0 fully saturated rings. The Kier molecular flexibility index (Phi) is 7.67. The van der Waals surface area contributed by atoms with E-state index in [1.54, 1.807) is 5.56 Å². The number of aryl methyl sites for hydroxylation is 1. The van der Waals surface area contributed by atoms with Crippen LogP contribution in [0.4, 0.5) is 17.1 Å². The molecular weight excluding hydrogens is 627 g/mol. The normalized spacial score (nSPS) is 17.4. The average molecular weight is 678 g/mol. The number of hydrogen-bond acceptors (Lipinski definition) is 1. The van der Waals surface area contributed by atoms with E-state index in [1.165, 1.54) is 110 Å². The standard InChI is InChI=1S/C51H51N/c1-49(2)30-31-50(3,4)48-44(49)24-15-25-46(48)52(37-18-8-7-9-19-37)47-33-45-42(40-21-12-13-23-43(40)51(45,5)6)32-41(47)36-28-26-35(27-29-36)39-22-14-17-34-16-10-11-20-38(34)39/h7-9,12-15,17-19,21-29,32-33H,10-11,16,20,30-31H2,1-6H3. The summed E-state index contributed by atoms with van der Waals surface area (Å²) in [6, 6.07) is 48.7. The number of fused-ring (bicyclic) bond motifs is 5. The largest absolute Gasteiger partial charge is 0.310 e. The molecule has 0 spiro atoms. The van der Waals surface area contributed by atoms with Crippen LogP contribution in [-0.2, 0) is 29.1 Å². The number of anilines is 3. The first-order valence-corrected chi connectivity index (χ1v) is 19.5. The SMILES string of the molecule is CC1(C)CCC(C)(C)c2c(N(c3ccccc3)c3cc4c(cc3-c3ccc(-c5cccc6c5CCCC6)cc3)-c3ccccc3C4(C)C)cccc21. The second-order valence-electron chi connectivity index (χ2n) is 17.5. The van der Waals surface area contributed by atoms with Crippen LogP contribution in [0.1, 0.15) is 101 Å². The van der Waals surface area contributed by atoms with Crippen LogP contribution >= 0.6 is 0 Å². The van der Waals surface area contributed by atoms with Gasteiger partial charge in [0.25, 0.3) is 0 Å². The third kappa shape index (κ3) is 5.19. The maximum absolute atomic E-state index is 2.60. The van der Waals surface area contributed by atoms with Crippen molar-refractivity contribution >= 4 is 17.1 Å².